The van der Waals surface area contributed by atoms with Gasteiger partial charge in [-0.25, -0.2) is 4.79 Å². The van der Waals surface area contributed by atoms with Crippen LogP contribution in [-0.2, 0) is 61.8 Å². The molecule has 9 rings (SSSR count). The predicted molar refractivity (Wildman–Crippen MR) is 300 cm³/mol. The van der Waals surface area contributed by atoms with E-state index in [9.17, 15) is 75.3 Å². The van der Waals surface area contributed by atoms with Gasteiger partial charge < -0.3 is 115 Å². The molecule has 87 heavy (non-hydrogen) atoms. The van der Waals surface area contributed by atoms with Gasteiger partial charge in [-0.1, -0.05) is 59.6 Å². The van der Waals surface area contributed by atoms with Gasteiger partial charge in [0.25, 0.3) is 0 Å². The second-order valence-electron chi connectivity index (χ2n) is 28.0. The van der Waals surface area contributed by atoms with Crippen molar-refractivity contribution in [3.8, 4) is 0 Å². The number of hydrogen-bond donors (Lipinski definition) is 14. The van der Waals surface area contributed by atoms with Crippen molar-refractivity contribution >= 4 is 23.9 Å². The van der Waals surface area contributed by atoms with Crippen molar-refractivity contribution in [3.05, 3.63) is 11.6 Å². The molecule has 0 spiro atoms. The number of ether oxygens (including phenoxy) is 9. The molecule has 27 nitrogen and oxygen atoms in total. The highest BCUT2D eigenvalue weighted by atomic mass is 16.8. The summed E-state index contributed by atoms with van der Waals surface area (Å²) in [5.74, 6) is -4.75. The molecule has 5 aliphatic carbocycles. The quantitative estimate of drug-likeness (QED) is 0.0317. The lowest BCUT2D eigenvalue weighted by atomic mass is 9.33. The van der Waals surface area contributed by atoms with E-state index in [1.807, 2.05) is 6.92 Å². The Hall–Kier alpha value is -3.14. The van der Waals surface area contributed by atoms with E-state index in [1.54, 1.807) is 13.8 Å². The molecule has 16 N–H and O–H groups in total. The molecule has 0 aromatic heterocycles. The molecule has 4 saturated carbocycles. The highest BCUT2D eigenvalue weighted by Gasteiger charge is 2.76. The molecule has 0 aromatic rings. The van der Waals surface area contributed by atoms with E-state index in [0.29, 0.717) is 57.9 Å². The summed E-state index contributed by atoms with van der Waals surface area (Å²) in [6, 6.07) is -0.716. The molecule has 27 heteroatoms. The Morgan fingerprint density at radius 3 is 2.05 bits per heavy atom. The number of nitrogens with two attached hydrogens (primary N) is 2. The SMILES string of the molecule is CC(=O)OC(C)C(C)C(=O)OCC12C3CC(C)(C)[C@H](O[C@@H]1C[C@]1(C)C3=CCC3C4(C)CCC(O[C@@H]5O[C@H](C(=O)O)[C@@H](O[C@H]6O[C@H](CO)[C@@H](O)[C@H](O)[C@H]6O)[C@H](O)[C@H]5O[C@@H]5OC[C@@H](O)[C@H](O)[C@H]5O)[C@](C)(CO)C4CCC31C)C2O.NCCCC[C@H](N)C(=O)O. The molecule has 8 fully saturated rings. The minimum Gasteiger partial charge on any atom is -0.480 e. The number of rotatable bonds is 19. The van der Waals surface area contributed by atoms with Gasteiger partial charge in [-0.2, -0.15) is 0 Å². The van der Waals surface area contributed by atoms with E-state index in [0.717, 1.165) is 12.8 Å². The zero-order valence-corrected chi connectivity index (χ0v) is 51.4. The zero-order chi connectivity index (χ0) is 64.4. The van der Waals surface area contributed by atoms with Crippen molar-refractivity contribution < 1.29 is 123 Å². The maximum absolute atomic E-state index is 13.6. The van der Waals surface area contributed by atoms with Crippen molar-refractivity contribution in [3.63, 3.8) is 0 Å². The molecule has 0 aromatic carbocycles. The van der Waals surface area contributed by atoms with Gasteiger partial charge in [-0.15, -0.1) is 0 Å². The van der Waals surface area contributed by atoms with Crippen LogP contribution in [-0.4, -0.2) is 241 Å². The summed E-state index contributed by atoms with van der Waals surface area (Å²) in [6.45, 7) is 16.5. The van der Waals surface area contributed by atoms with E-state index >= 15 is 0 Å². The number of aliphatic hydroxyl groups excluding tert-OH is 10. The van der Waals surface area contributed by atoms with Crippen LogP contribution >= 0.6 is 0 Å². The fraction of sp³-hybridized carbons (Fsp3) is 0.900. The van der Waals surface area contributed by atoms with Crippen LogP contribution in [0, 0.1) is 56.2 Å². The summed E-state index contributed by atoms with van der Waals surface area (Å²) in [5, 5.41) is 129. The van der Waals surface area contributed by atoms with Crippen LogP contribution < -0.4 is 11.5 Å². The van der Waals surface area contributed by atoms with Crippen molar-refractivity contribution in [1.82, 2.24) is 0 Å². The molecule has 498 valence electrons. The summed E-state index contributed by atoms with van der Waals surface area (Å²) in [6.07, 6.45) is -20.7. The van der Waals surface area contributed by atoms with Gasteiger partial charge in [0.15, 0.2) is 25.0 Å². The van der Waals surface area contributed by atoms with E-state index < -0.39 is 193 Å². The number of carbonyl (C=O) groups is 4. The van der Waals surface area contributed by atoms with Crippen LogP contribution in [0.25, 0.3) is 0 Å². The highest BCUT2D eigenvalue weighted by Crippen LogP contribution is 2.77. The third-order valence-corrected chi connectivity index (χ3v) is 22.6. The Morgan fingerprint density at radius 1 is 0.759 bits per heavy atom. The van der Waals surface area contributed by atoms with Crippen LogP contribution in [0.15, 0.2) is 11.6 Å². The van der Waals surface area contributed by atoms with Gasteiger partial charge in [0.2, 0.25) is 0 Å². The number of carbonyl (C=O) groups excluding carboxylic acids is 2. The monoisotopic (exact) mass is 1250 g/mol. The summed E-state index contributed by atoms with van der Waals surface area (Å²) in [4.78, 5) is 48.6. The molecule has 2 bridgehead atoms. The minimum absolute atomic E-state index is 0.0482. The Morgan fingerprint density at radius 2 is 1.43 bits per heavy atom. The smallest absolute Gasteiger partial charge is 0.335 e. The third-order valence-electron chi connectivity index (χ3n) is 22.6. The molecule has 4 saturated heterocycles. The number of carboxylic acid groups (broad SMARTS) is 2. The maximum Gasteiger partial charge on any atom is 0.335 e. The van der Waals surface area contributed by atoms with E-state index in [-0.39, 0.29) is 36.4 Å². The predicted octanol–water partition coefficient (Wildman–Crippen LogP) is -1.06. The third kappa shape index (κ3) is 12.3. The van der Waals surface area contributed by atoms with E-state index in [2.05, 4.69) is 40.7 Å². The highest BCUT2D eigenvalue weighted by molar-refractivity contribution is 5.74. The number of fused-ring (bicyclic) bond motifs is 7. The van der Waals surface area contributed by atoms with Gasteiger partial charge in [0, 0.05) is 12.3 Å². The fourth-order valence-corrected chi connectivity index (χ4v) is 17.2. The second kappa shape index (κ2) is 26.5. The molecule has 4 heterocycles. The summed E-state index contributed by atoms with van der Waals surface area (Å²) in [5.41, 5.74) is 8.02. The normalized spacial score (nSPS) is 47.2. The number of aliphatic carboxylic acids is 2. The first kappa shape index (κ1) is 69.7. The molecule has 4 aliphatic heterocycles. The number of esters is 2. The maximum atomic E-state index is 13.6. The van der Waals surface area contributed by atoms with Gasteiger partial charge in [-0.05, 0) is 118 Å². The molecule has 10 unspecified atom stereocenters. The van der Waals surface area contributed by atoms with Gasteiger partial charge >= 0.3 is 23.9 Å². The lowest BCUT2D eigenvalue weighted by Crippen LogP contribution is -2.69. The van der Waals surface area contributed by atoms with Gasteiger partial charge in [0.1, 0.15) is 79.8 Å². The van der Waals surface area contributed by atoms with Gasteiger partial charge in [0.05, 0.1) is 55.6 Å². The summed E-state index contributed by atoms with van der Waals surface area (Å²) >= 11 is 0. The van der Waals surface area contributed by atoms with Crippen LogP contribution in [0.5, 0.6) is 0 Å². The number of hydrogen-bond acceptors (Lipinski definition) is 25. The van der Waals surface area contributed by atoms with Gasteiger partial charge in [-0.3, -0.25) is 14.4 Å². The number of carboxylic acids is 2. The lowest BCUT2D eigenvalue weighted by molar-refractivity contribution is -0.387. The average molecular weight is 1250 g/mol. The first-order chi connectivity index (χ1) is 40.6. The minimum atomic E-state index is -2.09. The standard InChI is InChI=1S/C54H84O23.C6H14N2O2/c1-22(23(2)71-24(3)57)45(68)70-21-54-26-16-49(4,5)43(42(54)65)73-32(54)17-53(9)25(26)10-11-30-50(6)14-13-31(51(7,20-56)29(50)12-15-52(30,53)8)74-48-40(76-46-36(62)33(59)27(58)19-69-46)38(64)39(41(77-48)44(66)67)75-47-37(63)35(61)34(60)28(18-55)72-47;7-4-2-1-3-5(8)6(9)10/h10,22-23,26-43,46-48,55-56,58-65H,11-21H2,1-9H3,(H,66,67);5H,1-4,7-8H2,(H,9,10)/t22?,23?,26?,27-,28-,29?,30?,31?,32-,33+,34-,35+,36-,37-,38+,39+,40-,41+,42?,43-,46+,47-,48-,50?,51-,52?,53-,54?;5-/m10/s1. The molecule has 29 atom stereocenters. The van der Waals surface area contributed by atoms with Crippen molar-refractivity contribution in [2.45, 2.75) is 249 Å². The topological polar surface area (TPSA) is 446 Å². The van der Waals surface area contributed by atoms with Crippen LogP contribution in [0.2, 0.25) is 0 Å². The number of unbranched alkanes of at least 4 members (excludes halogenated alkanes) is 1. The van der Waals surface area contributed by atoms with E-state index in [1.165, 1.54) is 12.5 Å². The first-order valence-electron chi connectivity index (χ1n) is 30.8. The van der Waals surface area contributed by atoms with Crippen molar-refractivity contribution in [2.24, 2.45) is 67.6 Å². The summed E-state index contributed by atoms with van der Waals surface area (Å²) < 4.78 is 54.3. The molecule has 0 amide bonds. The Kier molecular flexibility index (Phi) is 21.2. The molecule has 0 radical (unpaired) electrons. The number of aliphatic hydroxyl groups is 10. The molecular weight excluding hydrogens is 1150 g/mol. The van der Waals surface area contributed by atoms with Crippen LogP contribution in [0.4, 0.5) is 0 Å². The fourth-order valence-electron chi connectivity index (χ4n) is 17.2. The summed E-state index contributed by atoms with van der Waals surface area (Å²) in [7, 11) is 0. The first-order valence-corrected chi connectivity index (χ1v) is 30.8. The van der Waals surface area contributed by atoms with Crippen molar-refractivity contribution in [2.75, 3.05) is 33.0 Å². The second-order valence-corrected chi connectivity index (χ2v) is 28.0. The zero-order valence-electron chi connectivity index (χ0n) is 51.4. The van der Waals surface area contributed by atoms with E-state index in [4.69, 9.17) is 59.2 Å². The Balaban J connectivity index is 0.000000900. The lowest BCUT2D eigenvalue weighted by Gasteiger charge is -2.71. The Bertz CT molecular complexity index is 2470. The molecule has 9 aliphatic rings. The average Bonchev–Trinajstić information content (AvgIpc) is 1.67. The molecular formula is C60H98N2O25. The van der Waals surface area contributed by atoms with Crippen molar-refractivity contribution in [1.29, 1.82) is 0 Å². The van der Waals surface area contributed by atoms with Crippen LogP contribution in [0.1, 0.15) is 127 Å². The Labute approximate surface area is 506 Å². The largest absolute Gasteiger partial charge is 0.480 e. The van der Waals surface area contributed by atoms with Crippen LogP contribution in [0.3, 0.4) is 0 Å². The number of allylic oxidation sites excluding steroid dienone is 2.